The third kappa shape index (κ3) is 6.68. The molecule has 0 aromatic carbocycles. The molecule has 2 rings (SSSR count). The van der Waals surface area contributed by atoms with E-state index < -0.39 is 5.60 Å². The Hall–Kier alpha value is -0.810. The van der Waals surface area contributed by atoms with Gasteiger partial charge in [0.05, 0.1) is 0 Å². The first-order valence-corrected chi connectivity index (χ1v) is 9.39. The predicted octanol–water partition coefficient (Wildman–Crippen LogP) is 2.90. The van der Waals surface area contributed by atoms with E-state index in [9.17, 15) is 4.79 Å². The largest absolute Gasteiger partial charge is 0.444 e. The van der Waals surface area contributed by atoms with E-state index in [0.29, 0.717) is 12.1 Å². The van der Waals surface area contributed by atoms with Crippen molar-refractivity contribution in [2.24, 2.45) is 0 Å². The van der Waals surface area contributed by atoms with Gasteiger partial charge in [-0.15, -0.1) is 0 Å². The van der Waals surface area contributed by atoms with E-state index in [4.69, 9.17) is 4.74 Å². The van der Waals surface area contributed by atoms with E-state index in [-0.39, 0.29) is 6.09 Å². The molecule has 1 atom stereocenters. The molecule has 2 aliphatic rings. The first-order valence-electron chi connectivity index (χ1n) is 9.39. The zero-order chi connectivity index (χ0) is 16.7. The van der Waals surface area contributed by atoms with Crippen LogP contribution in [0.5, 0.6) is 0 Å². The highest BCUT2D eigenvalue weighted by atomic mass is 16.6. The molecule has 0 radical (unpaired) electrons. The molecule has 5 heteroatoms. The normalized spacial score (nSPS) is 23.5. The smallest absolute Gasteiger partial charge is 0.410 e. The standard InChI is InChI=1S/C18H35N3O2/c1-18(2,3)23-17(22)21(16-8-6-4-5-7-9-16)13-12-20-15-10-11-19-14-15/h15-16,19-20H,4-14H2,1-3H3. The van der Waals surface area contributed by atoms with Gasteiger partial charge >= 0.3 is 6.09 Å². The quantitative estimate of drug-likeness (QED) is 0.763. The van der Waals surface area contributed by atoms with Gasteiger partial charge in [-0.3, -0.25) is 0 Å². The highest BCUT2D eigenvalue weighted by Crippen LogP contribution is 2.23. The van der Waals surface area contributed by atoms with Crippen molar-refractivity contribution in [3.8, 4) is 0 Å². The van der Waals surface area contributed by atoms with Gasteiger partial charge in [0.15, 0.2) is 0 Å². The first-order chi connectivity index (χ1) is 11.0. The average Bonchev–Trinajstić information content (AvgIpc) is 2.83. The van der Waals surface area contributed by atoms with Crippen LogP contribution in [-0.2, 0) is 4.74 Å². The van der Waals surface area contributed by atoms with E-state index >= 15 is 0 Å². The minimum atomic E-state index is -0.428. The Morgan fingerprint density at radius 2 is 1.87 bits per heavy atom. The maximum Gasteiger partial charge on any atom is 0.410 e. The van der Waals surface area contributed by atoms with Crippen molar-refractivity contribution < 1.29 is 9.53 Å². The molecule has 0 aromatic rings. The Bertz CT molecular complexity index is 354. The Labute approximate surface area is 141 Å². The molecule has 1 saturated heterocycles. The first kappa shape index (κ1) is 18.5. The number of amides is 1. The fourth-order valence-electron chi connectivity index (χ4n) is 3.53. The van der Waals surface area contributed by atoms with Crippen LogP contribution in [0.4, 0.5) is 4.79 Å². The second-order valence-corrected chi connectivity index (χ2v) is 7.96. The van der Waals surface area contributed by atoms with Crippen molar-refractivity contribution in [2.45, 2.75) is 83.4 Å². The monoisotopic (exact) mass is 325 g/mol. The molecule has 134 valence electrons. The van der Waals surface area contributed by atoms with Crippen molar-refractivity contribution in [3.63, 3.8) is 0 Å². The predicted molar refractivity (Wildman–Crippen MR) is 93.7 cm³/mol. The molecule has 1 aliphatic heterocycles. The minimum Gasteiger partial charge on any atom is -0.444 e. The lowest BCUT2D eigenvalue weighted by Crippen LogP contribution is -2.47. The summed E-state index contributed by atoms with van der Waals surface area (Å²) in [5, 5.41) is 6.94. The van der Waals surface area contributed by atoms with Gasteiger partial charge in [-0.05, 0) is 46.6 Å². The molecular formula is C18H35N3O2. The lowest BCUT2D eigenvalue weighted by atomic mass is 10.1. The SMILES string of the molecule is CC(C)(C)OC(=O)N(CCNC1CCNC1)C1CCCCCC1. The summed E-state index contributed by atoms with van der Waals surface area (Å²) in [7, 11) is 0. The molecule has 1 unspecified atom stereocenters. The average molecular weight is 325 g/mol. The highest BCUT2D eigenvalue weighted by molar-refractivity contribution is 5.68. The van der Waals surface area contributed by atoms with Gasteiger partial charge in [0, 0.05) is 31.7 Å². The fourth-order valence-corrected chi connectivity index (χ4v) is 3.53. The van der Waals surface area contributed by atoms with E-state index in [0.717, 1.165) is 39.0 Å². The molecule has 2 fully saturated rings. The molecule has 1 amide bonds. The summed E-state index contributed by atoms with van der Waals surface area (Å²) in [4.78, 5) is 14.7. The maximum absolute atomic E-state index is 12.7. The van der Waals surface area contributed by atoms with E-state index in [1.165, 1.54) is 32.1 Å². The molecule has 23 heavy (non-hydrogen) atoms. The summed E-state index contributed by atoms with van der Waals surface area (Å²) in [6.45, 7) is 9.56. The van der Waals surface area contributed by atoms with Gasteiger partial charge in [0.2, 0.25) is 0 Å². The topological polar surface area (TPSA) is 53.6 Å². The van der Waals surface area contributed by atoms with Gasteiger partial charge in [-0.1, -0.05) is 25.7 Å². The zero-order valence-electron chi connectivity index (χ0n) is 15.2. The lowest BCUT2D eigenvalue weighted by Gasteiger charge is -2.33. The van der Waals surface area contributed by atoms with Crippen LogP contribution in [0.15, 0.2) is 0 Å². The Morgan fingerprint density at radius 3 is 2.43 bits per heavy atom. The molecule has 1 aliphatic carbocycles. The van der Waals surface area contributed by atoms with Crippen molar-refractivity contribution in [1.82, 2.24) is 15.5 Å². The van der Waals surface area contributed by atoms with Crippen molar-refractivity contribution in [2.75, 3.05) is 26.2 Å². The van der Waals surface area contributed by atoms with Gasteiger partial charge in [0.1, 0.15) is 5.60 Å². The number of carbonyl (C=O) groups excluding carboxylic acids is 1. The van der Waals surface area contributed by atoms with E-state index in [1.54, 1.807) is 0 Å². The van der Waals surface area contributed by atoms with Crippen LogP contribution in [0.3, 0.4) is 0 Å². The second-order valence-electron chi connectivity index (χ2n) is 7.96. The van der Waals surface area contributed by atoms with Crippen molar-refractivity contribution in [3.05, 3.63) is 0 Å². The van der Waals surface area contributed by atoms with Crippen molar-refractivity contribution >= 4 is 6.09 Å². The fraction of sp³-hybridized carbons (Fsp3) is 0.944. The number of carbonyl (C=O) groups is 1. The van der Waals surface area contributed by atoms with Crippen LogP contribution in [0, 0.1) is 0 Å². The number of rotatable bonds is 5. The molecule has 2 N–H and O–H groups in total. The maximum atomic E-state index is 12.7. The van der Waals surface area contributed by atoms with Crippen LogP contribution in [0.1, 0.15) is 65.7 Å². The van der Waals surface area contributed by atoms with Crippen molar-refractivity contribution in [1.29, 1.82) is 0 Å². The zero-order valence-corrected chi connectivity index (χ0v) is 15.2. The molecular weight excluding hydrogens is 290 g/mol. The Morgan fingerprint density at radius 1 is 1.17 bits per heavy atom. The molecule has 5 nitrogen and oxygen atoms in total. The third-order valence-electron chi connectivity index (χ3n) is 4.74. The number of hydrogen-bond acceptors (Lipinski definition) is 4. The lowest BCUT2D eigenvalue weighted by molar-refractivity contribution is 0.0146. The number of nitrogens with one attached hydrogen (secondary N) is 2. The summed E-state index contributed by atoms with van der Waals surface area (Å²) in [5.74, 6) is 0. The van der Waals surface area contributed by atoms with Gasteiger partial charge in [-0.25, -0.2) is 4.79 Å². The molecule has 1 heterocycles. The second kappa shape index (κ2) is 8.88. The third-order valence-corrected chi connectivity index (χ3v) is 4.74. The number of ether oxygens (including phenoxy) is 1. The molecule has 0 spiro atoms. The number of hydrogen-bond donors (Lipinski definition) is 2. The van der Waals surface area contributed by atoms with Crippen LogP contribution in [-0.4, -0.2) is 54.9 Å². The molecule has 1 saturated carbocycles. The van der Waals surface area contributed by atoms with Crippen LogP contribution in [0.25, 0.3) is 0 Å². The van der Waals surface area contributed by atoms with E-state index in [2.05, 4.69) is 10.6 Å². The summed E-state index contributed by atoms with van der Waals surface area (Å²) >= 11 is 0. The summed E-state index contributed by atoms with van der Waals surface area (Å²) < 4.78 is 5.66. The van der Waals surface area contributed by atoms with E-state index in [1.807, 2.05) is 25.7 Å². The minimum absolute atomic E-state index is 0.143. The summed E-state index contributed by atoms with van der Waals surface area (Å²) in [6.07, 6.45) is 8.31. The molecule has 0 bridgehead atoms. The van der Waals surface area contributed by atoms with Gasteiger partial charge in [-0.2, -0.15) is 0 Å². The summed E-state index contributed by atoms with van der Waals surface area (Å²) in [6, 6.07) is 0.889. The Kier molecular flexibility index (Phi) is 7.15. The molecule has 0 aromatic heterocycles. The van der Waals surface area contributed by atoms with Gasteiger partial charge in [0.25, 0.3) is 0 Å². The van der Waals surface area contributed by atoms with Gasteiger partial charge < -0.3 is 20.3 Å². The number of nitrogens with zero attached hydrogens (tertiary/aromatic N) is 1. The highest BCUT2D eigenvalue weighted by Gasteiger charge is 2.28. The van der Waals surface area contributed by atoms with Crippen LogP contribution in [0.2, 0.25) is 0 Å². The Balaban J connectivity index is 1.90. The summed E-state index contributed by atoms with van der Waals surface area (Å²) in [5.41, 5.74) is -0.428. The van der Waals surface area contributed by atoms with Crippen LogP contribution >= 0.6 is 0 Å². The van der Waals surface area contributed by atoms with Crippen LogP contribution < -0.4 is 10.6 Å².